The van der Waals surface area contributed by atoms with E-state index in [1.165, 1.54) is 45.3 Å². The predicted octanol–water partition coefficient (Wildman–Crippen LogP) is 1.93. The van der Waals surface area contributed by atoms with E-state index in [9.17, 15) is 0 Å². The summed E-state index contributed by atoms with van der Waals surface area (Å²) in [5.74, 6) is 0. The fourth-order valence-electron chi connectivity index (χ4n) is 3.64. The van der Waals surface area contributed by atoms with Crippen molar-refractivity contribution < 1.29 is 0 Å². The number of fused-ring (bicyclic) bond motifs is 1. The van der Waals surface area contributed by atoms with Crippen LogP contribution in [0.5, 0.6) is 0 Å². The fraction of sp³-hybridized carbons (Fsp3) is 1.00. The molecule has 18 heavy (non-hydrogen) atoms. The minimum atomic E-state index is 0.725. The van der Waals surface area contributed by atoms with E-state index in [1.54, 1.807) is 0 Å². The van der Waals surface area contributed by atoms with Crippen LogP contribution in [0.15, 0.2) is 0 Å². The second-order valence-electron chi connectivity index (χ2n) is 6.18. The molecule has 0 aromatic rings. The van der Waals surface area contributed by atoms with Gasteiger partial charge in [0, 0.05) is 31.2 Å². The summed E-state index contributed by atoms with van der Waals surface area (Å²) >= 11 is 0. The Labute approximate surface area is 113 Å². The van der Waals surface area contributed by atoms with Gasteiger partial charge in [-0.25, -0.2) is 0 Å². The van der Waals surface area contributed by atoms with Crippen LogP contribution in [0.3, 0.4) is 0 Å². The van der Waals surface area contributed by atoms with E-state index in [-0.39, 0.29) is 0 Å². The van der Waals surface area contributed by atoms with Crippen molar-refractivity contribution in [1.29, 1.82) is 0 Å². The second kappa shape index (κ2) is 6.88. The molecule has 2 rings (SSSR count). The topological polar surface area (TPSA) is 18.5 Å². The number of rotatable bonds is 5. The van der Waals surface area contributed by atoms with Gasteiger partial charge in [-0.15, -0.1) is 0 Å². The van der Waals surface area contributed by atoms with Crippen molar-refractivity contribution in [3.05, 3.63) is 0 Å². The summed E-state index contributed by atoms with van der Waals surface area (Å²) in [7, 11) is 0. The first-order valence-electron chi connectivity index (χ1n) is 7.93. The quantitative estimate of drug-likeness (QED) is 0.755. The maximum Gasteiger partial charge on any atom is 0.0224 e. The lowest BCUT2D eigenvalue weighted by molar-refractivity contribution is -0.00548. The van der Waals surface area contributed by atoms with Gasteiger partial charge in [0.05, 0.1) is 0 Å². The molecule has 2 aliphatic rings. The third kappa shape index (κ3) is 3.46. The van der Waals surface area contributed by atoms with E-state index in [0.29, 0.717) is 0 Å². The van der Waals surface area contributed by atoms with E-state index < -0.39 is 0 Å². The van der Waals surface area contributed by atoms with Gasteiger partial charge in [0.1, 0.15) is 0 Å². The normalized spacial score (nSPS) is 32.2. The molecule has 106 valence electrons. The van der Waals surface area contributed by atoms with Crippen molar-refractivity contribution in [2.75, 3.05) is 32.7 Å². The lowest BCUT2D eigenvalue weighted by Gasteiger charge is -2.49. The standard InChI is InChI=1S/C15H31N3/c1-4-16-9-8-13(2)18-12-15-7-5-6-10-17(15)11-14(18)3/h13-16H,4-12H2,1-3H3. The van der Waals surface area contributed by atoms with Crippen molar-refractivity contribution in [2.45, 2.75) is 64.6 Å². The first kappa shape index (κ1) is 14.3. The summed E-state index contributed by atoms with van der Waals surface area (Å²) in [5.41, 5.74) is 0. The van der Waals surface area contributed by atoms with Crippen LogP contribution in [0.2, 0.25) is 0 Å². The summed E-state index contributed by atoms with van der Waals surface area (Å²) in [6, 6.07) is 2.30. The van der Waals surface area contributed by atoms with Crippen LogP contribution in [0.4, 0.5) is 0 Å². The smallest absolute Gasteiger partial charge is 0.0224 e. The Bertz CT molecular complexity index is 244. The molecule has 0 aliphatic carbocycles. The average molecular weight is 253 g/mol. The molecule has 2 saturated heterocycles. The van der Waals surface area contributed by atoms with Gasteiger partial charge in [0.25, 0.3) is 0 Å². The number of piperidine rings is 1. The van der Waals surface area contributed by atoms with Crippen LogP contribution in [0.25, 0.3) is 0 Å². The highest BCUT2D eigenvalue weighted by Crippen LogP contribution is 2.25. The van der Waals surface area contributed by atoms with Crippen molar-refractivity contribution in [2.24, 2.45) is 0 Å². The fourth-order valence-corrected chi connectivity index (χ4v) is 3.64. The summed E-state index contributed by atoms with van der Waals surface area (Å²) in [6.45, 7) is 13.2. The monoisotopic (exact) mass is 253 g/mol. The molecule has 2 fully saturated rings. The Balaban J connectivity index is 1.84. The highest BCUT2D eigenvalue weighted by molar-refractivity contribution is 4.91. The van der Waals surface area contributed by atoms with Crippen LogP contribution in [0, 0.1) is 0 Å². The van der Waals surface area contributed by atoms with Crippen molar-refractivity contribution in [3.8, 4) is 0 Å². The Morgan fingerprint density at radius 1 is 1.28 bits per heavy atom. The van der Waals surface area contributed by atoms with Gasteiger partial charge in [-0.1, -0.05) is 13.3 Å². The zero-order valence-corrected chi connectivity index (χ0v) is 12.5. The van der Waals surface area contributed by atoms with Crippen LogP contribution >= 0.6 is 0 Å². The molecule has 3 heteroatoms. The summed E-state index contributed by atoms with van der Waals surface area (Å²) < 4.78 is 0. The van der Waals surface area contributed by atoms with Crippen molar-refractivity contribution in [3.63, 3.8) is 0 Å². The first-order chi connectivity index (χ1) is 8.72. The van der Waals surface area contributed by atoms with Gasteiger partial charge >= 0.3 is 0 Å². The first-order valence-corrected chi connectivity index (χ1v) is 7.93. The number of hydrogen-bond donors (Lipinski definition) is 1. The lowest BCUT2D eigenvalue weighted by atomic mass is 9.95. The molecular weight excluding hydrogens is 222 g/mol. The van der Waals surface area contributed by atoms with E-state index in [1.807, 2.05) is 0 Å². The molecule has 3 nitrogen and oxygen atoms in total. The molecule has 2 heterocycles. The van der Waals surface area contributed by atoms with Gasteiger partial charge in [-0.05, 0) is 52.7 Å². The summed E-state index contributed by atoms with van der Waals surface area (Å²) in [5, 5.41) is 3.45. The number of hydrogen-bond acceptors (Lipinski definition) is 3. The highest BCUT2D eigenvalue weighted by Gasteiger charge is 2.34. The Kier molecular flexibility index (Phi) is 5.46. The van der Waals surface area contributed by atoms with Crippen LogP contribution in [0.1, 0.15) is 46.5 Å². The third-order valence-electron chi connectivity index (χ3n) is 4.79. The minimum absolute atomic E-state index is 0.725. The molecule has 3 unspecified atom stereocenters. The maximum absolute atomic E-state index is 3.45. The molecule has 0 spiro atoms. The molecule has 1 N–H and O–H groups in total. The van der Waals surface area contributed by atoms with Crippen molar-refractivity contribution in [1.82, 2.24) is 15.1 Å². The SMILES string of the molecule is CCNCCC(C)N1CC2CCCCN2CC1C. The lowest BCUT2D eigenvalue weighted by Crippen LogP contribution is -2.60. The Morgan fingerprint density at radius 2 is 2.11 bits per heavy atom. The summed E-state index contributed by atoms with van der Waals surface area (Å²) in [4.78, 5) is 5.49. The Hall–Kier alpha value is -0.120. The zero-order valence-electron chi connectivity index (χ0n) is 12.5. The van der Waals surface area contributed by atoms with E-state index in [4.69, 9.17) is 0 Å². The van der Waals surface area contributed by atoms with E-state index >= 15 is 0 Å². The van der Waals surface area contributed by atoms with Gasteiger partial charge in [0.15, 0.2) is 0 Å². The average Bonchev–Trinajstić information content (AvgIpc) is 2.38. The van der Waals surface area contributed by atoms with E-state index in [2.05, 4.69) is 35.9 Å². The summed E-state index contributed by atoms with van der Waals surface area (Å²) in [6.07, 6.45) is 5.56. The van der Waals surface area contributed by atoms with Gasteiger partial charge in [-0.3, -0.25) is 9.80 Å². The number of nitrogens with zero attached hydrogens (tertiary/aromatic N) is 2. The van der Waals surface area contributed by atoms with E-state index in [0.717, 1.165) is 31.2 Å². The molecule has 0 radical (unpaired) electrons. The number of piperazine rings is 1. The molecule has 0 aromatic heterocycles. The molecule has 0 bridgehead atoms. The highest BCUT2D eigenvalue weighted by atomic mass is 15.3. The van der Waals surface area contributed by atoms with Gasteiger partial charge in [0.2, 0.25) is 0 Å². The maximum atomic E-state index is 3.45. The molecule has 0 saturated carbocycles. The largest absolute Gasteiger partial charge is 0.317 e. The molecular formula is C15H31N3. The van der Waals surface area contributed by atoms with Crippen molar-refractivity contribution >= 4 is 0 Å². The van der Waals surface area contributed by atoms with Crippen LogP contribution in [-0.4, -0.2) is 60.6 Å². The van der Waals surface area contributed by atoms with Crippen LogP contribution < -0.4 is 5.32 Å². The predicted molar refractivity (Wildman–Crippen MR) is 78.0 cm³/mol. The molecule has 2 aliphatic heterocycles. The van der Waals surface area contributed by atoms with Crippen LogP contribution in [-0.2, 0) is 0 Å². The minimum Gasteiger partial charge on any atom is -0.317 e. The molecule has 0 aromatic carbocycles. The third-order valence-corrected chi connectivity index (χ3v) is 4.79. The van der Waals surface area contributed by atoms with Gasteiger partial charge < -0.3 is 5.32 Å². The molecule has 3 atom stereocenters. The number of nitrogens with one attached hydrogen (secondary N) is 1. The molecule has 0 amide bonds. The Morgan fingerprint density at radius 3 is 2.89 bits per heavy atom. The zero-order chi connectivity index (χ0) is 13.0. The second-order valence-corrected chi connectivity index (χ2v) is 6.18. The van der Waals surface area contributed by atoms with Gasteiger partial charge in [-0.2, -0.15) is 0 Å².